The Hall–Kier alpha value is -2.29. The summed E-state index contributed by atoms with van der Waals surface area (Å²) in [5.74, 6) is 0. The average molecular weight is 282 g/mol. The van der Waals surface area contributed by atoms with Crippen LogP contribution in [0.5, 0.6) is 0 Å². The lowest BCUT2D eigenvalue weighted by Crippen LogP contribution is -2.20. The number of carbonyl (C=O) groups excluding carboxylic acids is 1. The lowest BCUT2D eigenvalue weighted by atomic mass is 10.1. The Balaban J connectivity index is 2.15. The third-order valence-corrected chi connectivity index (χ3v) is 3.40. The van der Waals surface area contributed by atoms with E-state index >= 15 is 0 Å². The molecule has 0 aliphatic rings. The van der Waals surface area contributed by atoms with Gasteiger partial charge in [0.1, 0.15) is 0 Å². The van der Waals surface area contributed by atoms with Gasteiger partial charge in [-0.25, -0.2) is 4.79 Å². The van der Waals surface area contributed by atoms with Crippen molar-refractivity contribution < 1.29 is 4.79 Å². The van der Waals surface area contributed by atoms with E-state index < -0.39 is 0 Å². The van der Waals surface area contributed by atoms with Crippen molar-refractivity contribution in [3.05, 3.63) is 58.1 Å². The average Bonchev–Trinajstić information content (AvgIpc) is 2.32. The number of anilines is 2. The molecule has 0 atom stereocenters. The number of benzene rings is 2. The molecule has 0 unspecified atom stereocenters. The number of nitrogens with one attached hydrogen (secondary N) is 2. The molecular formula is C18H22N2O. The number of rotatable bonds is 2. The molecule has 0 saturated heterocycles. The number of aryl methyl sites for hydroxylation is 5. The Morgan fingerprint density at radius 1 is 0.714 bits per heavy atom. The quantitative estimate of drug-likeness (QED) is 0.810. The minimum absolute atomic E-state index is 0.213. The molecule has 2 aromatic rings. The van der Waals surface area contributed by atoms with Gasteiger partial charge in [-0.3, -0.25) is 0 Å². The van der Waals surface area contributed by atoms with Gasteiger partial charge in [0.15, 0.2) is 0 Å². The molecule has 0 fully saturated rings. The maximum atomic E-state index is 12.2. The van der Waals surface area contributed by atoms with Gasteiger partial charge in [0, 0.05) is 11.4 Å². The fraction of sp³-hybridized carbons (Fsp3) is 0.278. The summed E-state index contributed by atoms with van der Waals surface area (Å²) in [5.41, 5.74) is 7.30. The lowest BCUT2D eigenvalue weighted by Gasteiger charge is -2.14. The molecule has 0 bridgehead atoms. The van der Waals surface area contributed by atoms with Crippen LogP contribution in [0.4, 0.5) is 16.2 Å². The van der Waals surface area contributed by atoms with Gasteiger partial charge in [-0.05, 0) is 69.0 Å². The van der Waals surface area contributed by atoms with Gasteiger partial charge in [-0.2, -0.15) is 0 Å². The summed E-state index contributed by atoms with van der Waals surface area (Å²) >= 11 is 0. The number of carbonyl (C=O) groups is 1. The lowest BCUT2D eigenvalue weighted by molar-refractivity contribution is 0.262. The molecule has 0 saturated carbocycles. The van der Waals surface area contributed by atoms with Crippen LogP contribution in [0, 0.1) is 34.6 Å². The van der Waals surface area contributed by atoms with Gasteiger partial charge in [0.2, 0.25) is 0 Å². The Morgan fingerprint density at radius 3 is 1.71 bits per heavy atom. The Labute approximate surface area is 126 Å². The minimum Gasteiger partial charge on any atom is -0.308 e. The fourth-order valence-electron chi connectivity index (χ4n) is 2.70. The molecule has 0 aliphatic heterocycles. The van der Waals surface area contributed by atoms with E-state index in [-0.39, 0.29) is 6.03 Å². The van der Waals surface area contributed by atoms with Crippen LogP contribution in [0.2, 0.25) is 0 Å². The molecule has 0 spiro atoms. The molecule has 21 heavy (non-hydrogen) atoms. The molecule has 110 valence electrons. The molecule has 0 radical (unpaired) electrons. The van der Waals surface area contributed by atoms with Crippen LogP contribution in [0.3, 0.4) is 0 Å². The smallest absolute Gasteiger partial charge is 0.308 e. The van der Waals surface area contributed by atoms with E-state index in [1.165, 1.54) is 5.56 Å². The molecule has 2 N–H and O–H groups in total. The highest BCUT2D eigenvalue weighted by molar-refractivity contribution is 6.00. The standard InChI is InChI=1S/C18H22N2O/c1-11-6-12(2)10-16(9-11)19-18(21)20-17-14(4)7-13(3)8-15(17)5/h6-10H,1-5H3,(H2,19,20,21). The van der Waals surface area contributed by atoms with Crippen molar-refractivity contribution in [2.75, 3.05) is 10.6 Å². The van der Waals surface area contributed by atoms with E-state index in [2.05, 4.69) is 35.8 Å². The zero-order valence-electron chi connectivity index (χ0n) is 13.3. The number of amides is 2. The predicted octanol–water partition coefficient (Wildman–Crippen LogP) is 4.87. The second kappa shape index (κ2) is 6.00. The second-order valence-electron chi connectivity index (χ2n) is 5.73. The van der Waals surface area contributed by atoms with Crippen molar-refractivity contribution in [2.24, 2.45) is 0 Å². The first-order valence-electron chi connectivity index (χ1n) is 7.09. The van der Waals surface area contributed by atoms with Crippen LogP contribution in [0.15, 0.2) is 30.3 Å². The van der Waals surface area contributed by atoms with Crippen molar-refractivity contribution in [1.82, 2.24) is 0 Å². The molecule has 3 nitrogen and oxygen atoms in total. The van der Waals surface area contributed by atoms with Crippen molar-refractivity contribution in [3.8, 4) is 0 Å². The maximum Gasteiger partial charge on any atom is 0.323 e. The minimum atomic E-state index is -0.213. The Bertz CT molecular complexity index is 646. The molecule has 3 heteroatoms. The summed E-state index contributed by atoms with van der Waals surface area (Å²) in [6, 6.07) is 9.93. The largest absolute Gasteiger partial charge is 0.323 e. The first kappa shape index (κ1) is 15.1. The van der Waals surface area contributed by atoms with Gasteiger partial charge in [0.05, 0.1) is 0 Å². The normalized spacial score (nSPS) is 10.3. The molecular weight excluding hydrogens is 260 g/mol. The van der Waals surface area contributed by atoms with Gasteiger partial charge in [0.25, 0.3) is 0 Å². The second-order valence-corrected chi connectivity index (χ2v) is 5.73. The van der Waals surface area contributed by atoms with Crippen LogP contribution in [-0.4, -0.2) is 6.03 Å². The van der Waals surface area contributed by atoms with Crippen LogP contribution in [-0.2, 0) is 0 Å². The molecule has 2 rings (SSSR count). The number of hydrogen-bond acceptors (Lipinski definition) is 1. The molecule has 0 aromatic heterocycles. The first-order chi connectivity index (χ1) is 9.85. The first-order valence-corrected chi connectivity index (χ1v) is 7.09. The summed E-state index contributed by atoms with van der Waals surface area (Å²) < 4.78 is 0. The van der Waals surface area contributed by atoms with Crippen LogP contribution >= 0.6 is 0 Å². The van der Waals surface area contributed by atoms with Crippen molar-refractivity contribution in [2.45, 2.75) is 34.6 Å². The zero-order valence-corrected chi connectivity index (χ0v) is 13.3. The van der Waals surface area contributed by atoms with Crippen LogP contribution in [0.25, 0.3) is 0 Å². The van der Waals surface area contributed by atoms with E-state index in [1.807, 2.05) is 39.8 Å². The van der Waals surface area contributed by atoms with E-state index in [0.29, 0.717) is 0 Å². The van der Waals surface area contributed by atoms with E-state index in [0.717, 1.165) is 33.6 Å². The summed E-state index contributed by atoms with van der Waals surface area (Å²) in [7, 11) is 0. The van der Waals surface area contributed by atoms with Gasteiger partial charge in [-0.1, -0.05) is 23.8 Å². The van der Waals surface area contributed by atoms with Gasteiger partial charge < -0.3 is 10.6 Å². The summed E-state index contributed by atoms with van der Waals surface area (Å²) in [4.78, 5) is 12.2. The Kier molecular flexibility index (Phi) is 4.32. The third kappa shape index (κ3) is 3.85. The predicted molar refractivity (Wildman–Crippen MR) is 89.2 cm³/mol. The number of hydrogen-bond donors (Lipinski definition) is 2. The highest BCUT2D eigenvalue weighted by Gasteiger charge is 2.08. The summed E-state index contributed by atoms with van der Waals surface area (Å²) in [6.07, 6.45) is 0. The molecule has 2 amide bonds. The monoisotopic (exact) mass is 282 g/mol. The fourth-order valence-corrected chi connectivity index (χ4v) is 2.70. The number of urea groups is 1. The van der Waals surface area contributed by atoms with E-state index in [1.54, 1.807) is 0 Å². The Morgan fingerprint density at radius 2 is 1.19 bits per heavy atom. The SMILES string of the molecule is Cc1cc(C)cc(NC(=O)Nc2c(C)cc(C)cc2C)c1. The molecule has 2 aromatic carbocycles. The highest BCUT2D eigenvalue weighted by Crippen LogP contribution is 2.22. The van der Waals surface area contributed by atoms with Gasteiger partial charge >= 0.3 is 6.03 Å². The van der Waals surface area contributed by atoms with Gasteiger partial charge in [-0.15, -0.1) is 0 Å². The van der Waals surface area contributed by atoms with E-state index in [4.69, 9.17) is 0 Å². The van der Waals surface area contributed by atoms with E-state index in [9.17, 15) is 4.79 Å². The van der Waals surface area contributed by atoms with Crippen LogP contribution in [0.1, 0.15) is 27.8 Å². The third-order valence-electron chi connectivity index (χ3n) is 3.40. The summed E-state index contributed by atoms with van der Waals surface area (Å²) in [6.45, 7) is 10.1. The van der Waals surface area contributed by atoms with Crippen molar-refractivity contribution in [1.29, 1.82) is 0 Å². The highest BCUT2D eigenvalue weighted by atomic mass is 16.2. The zero-order chi connectivity index (χ0) is 15.6. The van der Waals surface area contributed by atoms with Crippen molar-refractivity contribution in [3.63, 3.8) is 0 Å². The van der Waals surface area contributed by atoms with Crippen LogP contribution < -0.4 is 10.6 Å². The summed E-state index contributed by atoms with van der Waals surface area (Å²) in [5, 5.41) is 5.83. The maximum absolute atomic E-state index is 12.2. The topological polar surface area (TPSA) is 41.1 Å². The van der Waals surface area contributed by atoms with Crippen molar-refractivity contribution >= 4 is 17.4 Å². The molecule has 0 aliphatic carbocycles. The molecule has 0 heterocycles.